The van der Waals surface area contributed by atoms with E-state index >= 15 is 0 Å². The highest BCUT2D eigenvalue weighted by molar-refractivity contribution is 8.13. The molecule has 0 unspecified atom stereocenters. The molecule has 1 saturated heterocycles. The fourth-order valence-corrected chi connectivity index (χ4v) is 2.97. The third kappa shape index (κ3) is 2.89. The predicted octanol–water partition coefficient (Wildman–Crippen LogP) is -0.0831. The molecule has 1 aliphatic rings. The van der Waals surface area contributed by atoms with Crippen LogP contribution in [0.2, 0.25) is 0 Å². The number of hydrogen-bond donors (Lipinski definition) is 0. The van der Waals surface area contributed by atoms with Crippen molar-refractivity contribution < 1.29 is 8.42 Å². The molecule has 5 nitrogen and oxygen atoms in total. The monoisotopic (exact) mass is 233 g/mol. The van der Waals surface area contributed by atoms with Crippen molar-refractivity contribution in [2.45, 2.75) is 0 Å². The summed E-state index contributed by atoms with van der Waals surface area (Å²) >= 11 is 1.36. The SMILES string of the molecule is CSC(=NC#N)N1CCS(=O)(=O)CC1. The van der Waals surface area contributed by atoms with Gasteiger partial charge in [0.25, 0.3) is 0 Å². The number of amidine groups is 1. The first-order valence-corrected chi connectivity index (χ1v) is 7.10. The van der Waals surface area contributed by atoms with Gasteiger partial charge in [0.2, 0.25) is 6.19 Å². The third-order valence-corrected chi connectivity index (χ3v) is 4.27. The molecule has 0 saturated carbocycles. The van der Waals surface area contributed by atoms with Gasteiger partial charge in [-0.15, -0.1) is 4.99 Å². The Bertz CT molecular complexity index is 355. The summed E-state index contributed by atoms with van der Waals surface area (Å²) in [5.74, 6) is 0.302. The predicted molar refractivity (Wildman–Crippen MR) is 56.8 cm³/mol. The lowest BCUT2D eigenvalue weighted by molar-refractivity contribution is 0.450. The van der Waals surface area contributed by atoms with Gasteiger partial charge >= 0.3 is 0 Å². The fourth-order valence-electron chi connectivity index (χ4n) is 1.19. The van der Waals surface area contributed by atoms with E-state index in [9.17, 15) is 8.42 Å². The Morgan fingerprint density at radius 2 is 2.07 bits per heavy atom. The second-order valence-corrected chi connectivity index (χ2v) is 5.91. The van der Waals surface area contributed by atoms with Crippen molar-refractivity contribution >= 4 is 26.8 Å². The molecular formula is C7H11N3O2S2. The van der Waals surface area contributed by atoms with E-state index in [0.717, 1.165) is 0 Å². The molecule has 0 aliphatic carbocycles. The first-order valence-electron chi connectivity index (χ1n) is 4.05. The van der Waals surface area contributed by atoms with E-state index in [2.05, 4.69) is 4.99 Å². The van der Waals surface area contributed by atoms with E-state index in [1.54, 1.807) is 6.19 Å². The van der Waals surface area contributed by atoms with Crippen LogP contribution in [0.25, 0.3) is 0 Å². The summed E-state index contributed by atoms with van der Waals surface area (Å²) < 4.78 is 22.3. The van der Waals surface area contributed by atoms with Crippen LogP contribution in [0.4, 0.5) is 0 Å². The minimum Gasteiger partial charge on any atom is -0.349 e. The summed E-state index contributed by atoms with van der Waals surface area (Å²) in [4.78, 5) is 5.46. The standard InChI is InChI=1S/C7H11N3O2S2/c1-13-7(9-6-8)10-2-4-14(11,12)5-3-10/h2-5H2,1H3. The molecule has 14 heavy (non-hydrogen) atoms. The van der Waals surface area contributed by atoms with Gasteiger partial charge in [0.15, 0.2) is 15.0 Å². The van der Waals surface area contributed by atoms with E-state index in [1.807, 2.05) is 11.2 Å². The lowest BCUT2D eigenvalue weighted by Crippen LogP contribution is -2.42. The Hall–Kier alpha value is -0.740. The van der Waals surface area contributed by atoms with Gasteiger partial charge in [0, 0.05) is 13.1 Å². The first kappa shape index (κ1) is 11.3. The van der Waals surface area contributed by atoms with Crippen LogP contribution in [0.15, 0.2) is 4.99 Å². The molecule has 1 aliphatic heterocycles. The molecule has 1 heterocycles. The number of nitrogens with zero attached hydrogens (tertiary/aromatic N) is 3. The lowest BCUT2D eigenvalue weighted by Gasteiger charge is -2.27. The topological polar surface area (TPSA) is 73.5 Å². The number of nitriles is 1. The van der Waals surface area contributed by atoms with Gasteiger partial charge in [0.1, 0.15) is 0 Å². The van der Waals surface area contributed by atoms with Crippen molar-refractivity contribution in [1.82, 2.24) is 4.90 Å². The van der Waals surface area contributed by atoms with Crippen LogP contribution in [0.5, 0.6) is 0 Å². The van der Waals surface area contributed by atoms with Crippen LogP contribution < -0.4 is 0 Å². The van der Waals surface area contributed by atoms with Crippen molar-refractivity contribution in [1.29, 1.82) is 5.26 Å². The van der Waals surface area contributed by atoms with Crippen LogP contribution in [-0.4, -0.2) is 49.3 Å². The largest absolute Gasteiger partial charge is 0.349 e. The van der Waals surface area contributed by atoms with Crippen LogP contribution in [-0.2, 0) is 9.84 Å². The van der Waals surface area contributed by atoms with E-state index in [4.69, 9.17) is 5.26 Å². The lowest BCUT2D eigenvalue weighted by atomic mass is 10.5. The smallest absolute Gasteiger partial charge is 0.208 e. The number of sulfone groups is 1. The van der Waals surface area contributed by atoms with Crippen molar-refractivity contribution in [2.24, 2.45) is 4.99 Å². The quantitative estimate of drug-likeness (QED) is 0.332. The number of rotatable bonds is 0. The maximum Gasteiger partial charge on any atom is 0.208 e. The van der Waals surface area contributed by atoms with Crippen molar-refractivity contribution in [2.75, 3.05) is 30.9 Å². The van der Waals surface area contributed by atoms with E-state index in [-0.39, 0.29) is 11.5 Å². The number of thioether (sulfide) groups is 1. The third-order valence-electron chi connectivity index (χ3n) is 1.94. The van der Waals surface area contributed by atoms with Gasteiger partial charge in [-0.05, 0) is 6.26 Å². The summed E-state index contributed by atoms with van der Waals surface area (Å²) in [7, 11) is -2.86. The fraction of sp³-hybridized carbons (Fsp3) is 0.714. The summed E-state index contributed by atoms with van der Waals surface area (Å²) in [5, 5.41) is 9.00. The molecule has 1 fully saturated rings. The zero-order valence-corrected chi connectivity index (χ0v) is 9.44. The molecule has 1 rings (SSSR count). The van der Waals surface area contributed by atoms with Crippen LogP contribution >= 0.6 is 11.8 Å². The second kappa shape index (κ2) is 4.66. The zero-order chi connectivity index (χ0) is 10.6. The molecule has 0 N–H and O–H groups in total. The van der Waals surface area contributed by atoms with Crippen molar-refractivity contribution in [3.8, 4) is 6.19 Å². The van der Waals surface area contributed by atoms with Crippen LogP contribution in [0.1, 0.15) is 0 Å². The molecular weight excluding hydrogens is 222 g/mol. The minimum absolute atomic E-state index is 0.151. The highest BCUT2D eigenvalue weighted by Gasteiger charge is 2.23. The van der Waals surface area contributed by atoms with Gasteiger partial charge < -0.3 is 4.90 Å². The highest BCUT2D eigenvalue weighted by atomic mass is 32.2. The number of hydrogen-bond acceptors (Lipinski definition) is 5. The van der Waals surface area contributed by atoms with Gasteiger partial charge in [-0.2, -0.15) is 5.26 Å². The van der Waals surface area contributed by atoms with Gasteiger partial charge in [-0.1, -0.05) is 11.8 Å². The average Bonchev–Trinajstić information content (AvgIpc) is 2.15. The van der Waals surface area contributed by atoms with Gasteiger partial charge in [-0.3, -0.25) is 0 Å². The minimum atomic E-state index is -2.86. The molecule has 7 heteroatoms. The van der Waals surface area contributed by atoms with Gasteiger partial charge in [-0.25, -0.2) is 8.42 Å². The molecule has 78 valence electrons. The maximum atomic E-state index is 11.1. The molecule has 0 amide bonds. The highest BCUT2D eigenvalue weighted by Crippen LogP contribution is 2.10. The van der Waals surface area contributed by atoms with E-state index in [0.29, 0.717) is 18.3 Å². The maximum absolute atomic E-state index is 11.1. The molecule has 0 radical (unpaired) electrons. The Morgan fingerprint density at radius 3 is 2.50 bits per heavy atom. The second-order valence-electron chi connectivity index (χ2n) is 2.84. The van der Waals surface area contributed by atoms with E-state index < -0.39 is 9.84 Å². The van der Waals surface area contributed by atoms with E-state index in [1.165, 1.54) is 11.8 Å². The van der Waals surface area contributed by atoms with Crippen molar-refractivity contribution in [3.63, 3.8) is 0 Å². The average molecular weight is 233 g/mol. The molecule has 0 spiro atoms. The summed E-state index contributed by atoms with van der Waals surface area (Å²) in [6.45, 7) is 0.868. The van der Waals surface area contributed by atoms with Crippen molar-refractivity contribution in [3.05, 3.63) is 0 Å². The molecule has 0 aromatic carbocycles. The Kier molecular flexibility index (Phi) is 3.77. The zero-order valence-electron chi connectivity index (χ0n) is 7.80. The van der Waals surface area contributed by atoms with Gasteiger partial charge in [0.05, 0.1) is 11.5 Å². The summed E-state index contributed by atoms with van der Waals surface area (Å²) in [6, 6.07) is 0. The molecule has 0 aromatic rings. The summed E-state index contributed by atoms with van der Waals surface area (Å²) in [5.41, 5.74) is 0. The molecule has 0 atom stereocenters. The Morgan fingerprint density at radius 1 is 1.50 bits per heavy atom. The Labute approximate surface area is 87.7 Å². The first-order chi connectivity index (χ1) is 6.59. The number of aliphatic imine (C=N–C) groups is 1. The summed E-state index contributed by atoms with van der Waals surface area (Å²) in [6.07, 6.45) is 3.53. The molecule has 0 aromatic heterocycles. The normalized spacial score (nSPS) is 21.7. The van der Waals surface area contributed by atoms with Crippen LogP contribution in [0.3, 0.4) is 0 Å². The van der Waals surface area contributed by atoms with Crippen LogP contribution in [0, 0.1) is 11.5 Å². The Balaban J connectivity index is 2.66. The molecule has 0 bridgehead atoms.